The van der Waals surface area contributed by atoms with Gasteiger partial charge in [-0.05, 0) is 36.1 Å². The Balaban J connectivity index is 1.38. The first-order valence-electron chi connectivity index (χ1n) is 9.79. The van der Waals surface area contributed by atoms with Crippen LogP contribution in [0.2, 0.25) is 0 Å². The second-order valence-corrected chi connectivity index (χ2v) is 8.07. The van der Waals surface area contributed by atoms with Crippen molar-refractivity contribution in [3.63, 3.8) is 0 Å². The molecule has 0 atom stereocenters. The molecule has 1 saturated heterocycles. The summed E-state index contributed by atoms with van der Waals surface area (Å²) in [6, 6.07) is 10.7. The maximum absolute atomic E-state index is 5.43. The van der Waals surface area contributed by atoms with E-state index in [0.29, 0.717) is 0 Å². The quantitative estimate of drug-likeness (QED) is 0.535. The van der Waals surface area contributed by atoms with Gasteiger partial charge >= 0.3 is 0 Å². The highest BCUT2D eigenvalue weighted by molar-refractivity contribution is 7.08. The van der Waals surface area contributed by atoms with E-state index in [0.717, 1.165) is 61.4 Å². The normalized spacial score (nSPS) is 15.1. The maximum Gasteiger partial charge on any atom is 0.180 e. The van der Waals surface area contributed by atoms with Crippen LogP contribution in [-0.4, -0.2) is 45.6 Å². The Bertz CT molecular complexity index is 1100. The predicted molar refractivity (Wildman–Crippen MR) is 117 cm³/mol. The lowest BCUT2D eigenvalue weighted by atomic mass is 10.2. The van der Waals surface area contributed by atoms with Crippen LogP contribution in [0.4, 0.5) is 11.5 Å². The van der Waals surface area contributed by atoms with Crippen LogP contribution in [0, 0.1) is 6.92 Å². The Labute approximate surface area is 173 Å². The molecule has 7 heteroatoms. The van der Waals surface area contributed by atoms with E-state index in [1.165, 1.54) is 11.1 Å². The Morgan fingerprint density at radius 1 is 1.14 bits per heavy atom. The number of nitrogens with one attached hydrogen (secondary N) is 1. The molecule has 29 heavy (non-hydrogen) atoms. The molecule has 0 saturated carbocycles. The van der Waals surface area contributed by atoms with Crippen LogP contribution in [-0.2, 0) is 11.3 Å². The number of rotatable bonds is 5. The first kappa shape index (κ1) is 18.3. The maximum atomic E-state index is 5.43. The number of imidazole rings is 1. The minimum atomic E-state index is 0.771. The van der Waals surface area contributed by atoms with Crippen LogP contribution < -0.4 is 5.32 Å². The Hall–Kier alpha value is -2.74. The van der Waals surface area contributed by atoms with Gasteiger partial charge in [0.15, 0.2) is 11.5 Å². The number of aromatic nitrogens is 3. The molecule has 1 aliphatic rings. The van der Waals surface area contributed by atoms with Crippen LogP contribution in [0.25, 0.3) is 16.9 Å². The molecule has 0 amide bonds. The van der Waals surface area contributed by atoms with E-state index in [1.807, 2.05) is 19.3 Å². The number of nitrogens with zero attached hydrogens (tertiary/aromatic N) is 4. The van der Waals surface area contributed by atoms with Crippen LogP contribution in [0.15, 0.2) is 53.5 Å². The van der Waals surface area contributed by atoms with Crippen LogP contribution in [0.5, 0.6) is 0 Å². The predicted octanol–water partition coefficient (Wildman–Crippen LogP) is 4.34. The number of benzene rings is 1. The van der Waals surface area contributed by atoms with Gasteiger partial charge in [-0.3, -0.25) is 9.30 Å². The Morgan fingerprint density at radius 3 is 2.72 bits per heavy atom. The average Bonchev–Trinajstić information content (AvgIpc) is 3.40. The van der Waals surface area contributed by atoms with Gasteiger partial charge in [0.2, 0.25) is 0 Å². The zero-order valence-corrected chi connectivity index (χ0v) is 17.2. The lowest BCUT2D eigenvalue weighted by Crippen LogP contribution is -2.35. The van der Waals surface area contributed by atoms with Crippen molar-refractivity contribution in [2.24, 2.45) is 0 Å². The molecule has 4 aromatic rings. The summed E-state index contributed by atoms with van der Waals surface area (Å²) in [4.78, 5) is 11.7. The van der Waals surface area contributed by atoms with Crippen molar-refractivity contribution in [2.75, 3.05) is 31.6 Å². The number of anilines is 2. The summed E-state index contributed by atoms with van der Waals surface area (Å²) in [5.41, 5.74) is 6.34. The summed E-state index contributed by atoms with van der Waals surface area (Å²) in [5.74, 6) is 0.771. The van der Waals surface area contributed by atoms with Crippen molar-refractivity contribution in [1.29, 1.82) is 0 Å². The summed E-state index contributed by atoms with van der Waals surface area (Å²) in [6.07, 6.45) is 3.95. The van der Waals surface area contributed by atoms with Crippen molar-refractivity contribution < 1.29 is 4.74 Å². The molecular formula is C22H23N5OS. The van der Waals surface area contributed by atoms with E-state index in [-0.39, 0.29) is 0 Å². The minimum absolute atomic E-state index is 0.771. The zero-order chi connectivity index (χ0) is 19.6. The summed E-state index contributed by atoms with van der Waals surface area (Å²) in [6.45, 7) is 6.61. The van der Waals surface area contributed by atoms with Gasteiger partial charge in [0.1, 0.15) is 0 Å². The fraction of sp³-hybridized carbons (Fsp3) is 0.273. The van der Waals surface area contributed by atoms with E-state index in [2.05, 4.69) is 60.7 Å². The SMILES string of the molecule is Cc1cn2c(-c3ccsc3)cnc2c(Nc2ccc(CN3CCOCC3)cc2)n1. The van der Waals surface area contributed by atoms with Gasteiger partial charge in [0.25, 0.3) is 0 Å². The number of morpholine rings is 1. The van der Waals surface area contributed by atoms with Crippen LogP contribution in [0.3, 0.4) is 0 Å². The molecule has 1 aliphatic heterocycles. The van der Waals surface area contributed by atoms with Gasteiger partial charge in [-0.25, -0.2) is 9.97 Å². The lowest BCUT2D eigenvalue weighted by Gasteiger charge is -2.26. The molecule has 0 spiro atoms. The number of aryl methyl sites for hydroxylation is 1. The fourth-order valence-electron chi connectivity index (χ4n) is 3.66. The van der Waals surface area contributed by atoms with E-state index < -0.39 is 0 Å². The van der Waals surface area contributed by atoms with Crippen molar-refractivity contribution in [1.82, 2.24) is 19.3 Å². The summed E-state index contributed by atoms with van der Waals surface area (Å²) >= 11 is 1.69. The summed E-state index contributed by atoms with van der Waals surface area (Å²) in [5, 5.41) is 7.67. The summed E-state index contributed by atoms with van der Waals surface area (Å²) in [7, 11) is 0. The van der Waals surface area contributed by atoms with Crippen molar-refractivity contribution in [2.45, 2.75) is 13.5 Å². The van der Waals surface area contributed by atoms with Gasteiger partial charge in [0.05, 0.1) is 30.8 Å². The molecule has 3 aromatic heterocycles. The minimum Gasteiger partial charge on any atom is -0.379 e. The third-order valence-electron chi connectivity index (χ3n) is 5.16. The van der Waals surface area contributed by atoms with Crippen LogP contribution in [0.1, 0.15) is 11.3 Å². The van der Waals surface area contributed by atoms with E-state index in [9.17, 15) is 0 Å². The summed E-state index contributed by atoms with van der Waals surface area (Å²) < 4.78 is 7.54. The molecule has 1 fully saturated rings. The number of hydrogen-bond acceptors (Lipinski definition) is 6. The van der Waals surface area contributed by atoms with Crippen molar-refractivity contribution in [3.05, 3.63) is 64.7 Å². The third kappa shape index (κ3) is 3.89. The highest BCUT2D eigenvalue weighted by Crippen LogP contribution is 2.27. The largest absolute Gasteiger partial charge is 0.379 e. The average molecular weight is 406 g/mol. The standard InChI is InChI=1S/C22H23N5OS/c1-16-13-27-20(18-6-11-29-15-18)12-23-22(27)21(24-16)25-19-4-2-17(3-5-19)14-26-7-9-28-10-8-26/h2-6,11-13,15H,7-10,14H2,1H3,(H,24,25). The molecular weight excluding hydrogens is 382 g/mol. The molecule has 1 N–H and O–H groups in total. The second-order valence-electron chi connectivity index (χ2n) is 7.29. The molecule has 148 valence electrons. The molecule has 5 rings (SSSR count). The van der Waals surface area contributed by atoms with E-state index >= 15 is 0 Å². The second kappa shape index (κ2) is 7.94. The van der Waals surface area contributed by atoms with E-state index in [4.69, 9.17) is 9.72 Å². The number of hydrogen-bond donors (Lipinski definition) is 1. The molecule has 4 heterocycles. The molecule has 0 bridgehead atoms. The molecule has 0 aliphatic carbocycles. The van der Waals surface area contributed by atoms with Crippen molar-refractivity contribution in [3.8, 4) is 11.3 Å². The van der Waals surface area contributed by atoms with Gasteiger partial charge in [-0.2, -0.15) is 11.3 Å². The van der Waals surface area contributed by atoms with Crippen LogP contribution >= 0.6 is 11.3 Å². The smallest absolute Gasteiger partial charge is 0.180 e. The zero-order valence-electron chi connectivity index (χ0n) is 16.3. The van der Waals surface area contributed by atoms with E-state index in [1.54, 1.807) is 11.3 Å². The molecule has 0 radical (unpaired) electrons. The van der Waals surface area contributed by atoms with Gasteiger partial charge in [-0.1, -0.05) is 12.1 Å². The van der Waals surface area contributed by atoms with Crippen molar-refractivity contribution >= 4 is 28.5 Å². The first-order chi connectivity index (χ1) is 14.3. The Morgan fingerprint density at radius 2 is 1.97 bits per heavy atom. The first-order valence-corrected chi connectivity index (χ1v) is 10.7. The monoisotopic (exact) mass is 405 g/mol. The Kier molecular flexibility index (Phi) is 5.01. The molecule has 0 unspecified atom stereocenters. The lowest BCUT2D eigenvalue weighted by molar-refractivity contribution is 0.0342. The van der Waals surface area contributed by atoms with Gasteiger partial charge in [-0.15, -0.1) is 0 Å². The topological polar surface area (TPSA) is 54.7 Å². The molecule has 1 aromatic carbocycles. The number of fused-ring (bicyclic) bond motifs is 1. The number of ether oxygens (including phenoxy) is 1. The fourth-order valence-corrected chi connectivity index (χ4v) is 4.31. The van der Waals surface area contributed by atoms with Gasteiger partial charge in [0, 0.05) is 42.5 Å². The molecule has 6 nitrogen and oxygen atoms in total. The highest BCUT2D eigenvalue weighted by atomic mass is 32.1. The highest BCUT2D eigenvalue weighted by Gasteiger charge is 2.13. The third-order valence-corrected chi connectivity index (χ3v) is 5.84. The number of thiophene rings is 1. The van der Waals surface area contributed by atoms with Gasteiger partial charge < -0.3 is 10.1 Å².